The van der Waals surface area contributed by atoms with E-state index in [1.54, 1.807) is 0 Å². The molecule has 0 saturated carbocycles. The fraction of sp³-hybridized carbons (Fsp3) is 0.286. The highest BCUT2D eigenvalue weighted by Crippen LogP contribution is 2.16. The van der Waals surface area contributed by atoms with Crippen LogP contribution in [-0.2, 0) is 17.9 Å². The first-order valence-electron chi connectivity index (χ1n) is 6.29. The molecule has 0 aliphatic rings. The van der Waals surface area contributed by atoms with Crippen LogP contribution in [-0.4, -0.2) is 15.5 Å². The monoisotopic (exact) mass is 258 g/mol. The van der Waals surface area contributed by atoms with Crippen molar-refractivity contribution in [2.75, 3.05) is 10.6 Å². The van der Waals surface area contributed by atoms with Gasteiger partial charge in [0.25, 0.3) is 0 Å². The Morgan fingerprint density at radius 1 is 1.37 bits per heavy atom. The number of hydrogen-bond acceptors (Lipinski definition) is 3. The summed E-state index contributed by atoms with van der Waals surface area (Å²) in [7, 11) is 0. The molecule has 1 aromatic heterocycles. The lowest BCUT2D eigenvalue weighted by atomic mass is 10.2. The molecule has 1 amide bonds. The fourth-order valence-electron chi connectivity index (χ4n) is 1.88. The van der Waals surface area contributed by atoms with E-state index in [1.807, 2.05) is 36.8 Å². The van der Waals surface area contributed by atoms with E-state index in [-0.39, 0.29) is 5.91 Å². The maximum absolute atomic E-state index is 11.0. The quantitative estimate of drug-likeness (QED) is 0.866. The summed E-state index contributed by atoms with van der Waals surface area (Å²) in [5.41, 5.74) is 2.89. The summed E-state index contributed by atoms with van der Waals surface area (Å²) < 4.78 is 2.09. The number of nitrogens with zero attached hydrogens (tertiary/aromatic N) is 2. The molecule has 19 heavy (non-hydrogen) atoms. The highest BCUT2D eigenvalue weighted by Gasteiger charge is 2.01. The van der Waals surface area contributed by atoms with Crippen molar-refractivity contribution in [3.63, 3.8) is 0 Å². The largest absolute Gasteiger partial charge is 0.379 e. The molecule has 0 aliphatic heterocycles. The van der Waals surface area contributed by atoms with Crippen LogP contribution in [0.4, 0.5) is 11.4 Å². The molecule has 2 aromatic rings. The lowest BCUT2D eigenvalue weighted by Crippen LogP contribution is -2.08. The van der Waals surface area contributed by atoms with E-state index in [0.717, 1.165) is 23.6 Å². The van der Waals surface area contributed by atoms with Crippen LogP contribution >= 0.6 is 0 Å². The topological polar surface area (TPSA) is 59.0 Å². The third-order valence-corrected chi connectivity index (χ3v) is 2.80. The lowest BCUT2D eigenvalue weighted by Gasteiger charge is -2.10. The SMILES string of the molecule is CCn1cncc1CNc1cccc(NC(C)=O)c1. The van der Waals surface area contributed by atoms with E-state index >= 15 is 0 Å². The van der Waals surface area contributed by atoms with Gasteiger partial charge in [-0.3, -0.25) is 4.79 Å². The Kier molecular flexibility index (Phi) is 4.18. The van der Waals surface area contributed by atoms with Gasteiger partial charge in [-0.25, -0.2) is 4.98 Å². The van der Waals surface area contributed by atoms with Crippen molar-refractivity contribution in [3.8, 4) is 0 Å². The standard InChI is InChI=1S/C14H18N4O/c1-3-18-10-15-8-14(18)9-16-12-5-4-6-13(7-12)17-11(2)19/h4-8,10,16H,3,9H2,1-2H3,(H,17,19). The van der Waals surface area contributed by atoms with Crippen LogP contribution < -0.4 is 10.6 Å². The van der Waals surface area contributed by atoms with Crippen molar-refractivity contribution in [2.45, 2.75) is 26.9 Å². The predicted octanol–water partition coefficient (Wildman–Crippen LogP) is 2.47. The first-order chi connectivity index (χ1) is 9.19. The van der Waals surface area contributed by atoms with Crippen LogP contribution in [0, 0.1) is 0 Å². The minimum atomic E-state index is -0.0683. The Morgan fingerprint density at radius 3 is 2.89 bits per heavy atom. The smallest absolute Gasteiger partial charge is 0.221 e. The van der Waals surface area contributed by atoms with E-state index < -0.39 is 0 Å². The molecule has 1 aromatic carbocycles. The van der Waals surface area contributed by atoms with Gasteiger partial charge in [0.15, 0.2) is 0 Å². The average Bonchev–Trinajstić information content (AvgIpc) is 2.83. The summed E-state index contributed by atoms with van der Waals surface area (Å²) in [4.78, 5) is 15.1. The highest BCUT2D eigenvalue weighted by atomic mass is 16.1. The van der Waals surface area contributed by atoms with Crippen LogP contribution in [0.2, 0.25) is 0 Å². The number of hydrogen-bond donors (Lipinski definition) is 2. The number of amides is 1. The van der Waals surface area contributed by atoms with Crippen molar-refractivity contribution in [1.82, 2.24) is 9.55 Å². The van der Waals surface area contributed by atoms with E-state index in [1.165, 1.54) is 6.92 Å². The molecule has 100 valence electrons. The molecule has 5 heteroatoms. The number of carbonyl (C=O) groups excluding carboxylic acids is 1. The third-order valence-electron chi connectivity index (χ3n) is 2.80. The zero-order valence-corrected chi connectivity index (χ0v) is 11.2. The third kappa shape index (κ3) is 3.58. The molecule has 5 nitrogen and oxygen atoms in total. The molecule has 0 saturated heterocycles. The first-order valence-corrected chi connectivity index (χ1v) is 6.29. The zero-order chi connectivity index (χ0) is 13.7. The number of benzene rings is 1. The molecule has 0 unspecified atom stereocenters. The van der Waals surface area contributed by atoms with Gasteiger partial charge < -0.3 is 15.2 Å². The van der Waals surface area contributed by atoms with Gasteiger partial charge in [-0.15, -0.1) is 0 Å². The molecule has 0 aliphatic carbocycles. The van der Waals surface area contributed by atoms with Gasteiger partial charge in [-0.05, 0) is 25.1 Å². The molecule has 2 rings (SSSR count). The van der Waals surface area contributed by atoms with Crippen molar-refractivity contribution in [2.24, 2.45) is 0 Å². The highest BCUT2D eigenvalue weighted by molar-refractivity contribution is 5.89. The summed E-state index contributed by atoms with van der Waals surface area (Å²) >= 11 is 0. The van der Waals surface area contributed by atoms with Crippen LogP contribution in [0.1, 0.15) is 19.5 Å². The minimum Gasteiger partial charge on any atom is -0.379 e. The minimum absolute atomic E-state index is 0.0683. The maximum atomic E-state index is 11.0. The summed E-state index contributed by atoms with van der Waals surface area (Å²) in [5.74, 6) is -0.0683. The number of aryl methyl sites for hydroxylation is 1. The normalized spacial score (nSPS) is 10.2. The van der Waals surface area contributed by atoms with E-state index in [2.05, 4.69) is 27.1 Å². The van der Waals surface area contributed by atoms with Gasteiger partial charge in [0, 0.05) is 31.0 Å². The Bertz CT molecular complexity index is 562. The molecular formula is C14H18N4O. The summed E-state index contributed by atoms with van der Waals surface area (Å²) in [6, 6.07) is 7.65. The van der Waals surface area contributed by atoms with Gasteiger partial charge >= 0.3 is 0 Å². The van der Waals surface area contributed by atoms with Gasteiger partial charge in [0.05, 0.1) is 18.6 Å². The molecule has 0 spiro atoms. The van der Waals surface area contributed by atoms with Crippen LogP contribution in [0.5, 0.6) is 0 Å². The average molecular weight is 258 g/mol. The molecule has 1 heterocycles. The molecule has 0 atom stereocenters. The van der Waals surface area contributed by atoms with Gasteiger partial charge in [0.2, 0.25) is 5.91 Å². The fourth-order valence-corrected chi connectivity index (χ4v) is 1.88. The number of rotatable bonds is 5. The van der Waals surface area contributed by atoms with Gasteiger partial charge in [-0.1, -0.05) is 6.07 Å². The second-order valence-corrected chi connectivity index (χ2v) is 4.29. The van der Waals surface area contributed by atoms with Gasteiger partial charge in [0.1, 0.15) is 0 Å². The number of carbonyl (C=O) groups is 1. The molecule has 0 fully saturated rings. The van der Waals surface area contributed by atoms with Crippen molar-refractivity contribution in [3.05, 3.63) is 42.5 Å². The lowest BCUT2D eigenvalue weighted by molar-refractivity contribution is -0.114. The second kappa shape index (κ2) is 6.04. The van der Waals surface area contributed by atoms with Crippen LogP contribution in [0.25, 0.3) is 0 Å². The van der Waals surface area contributed by atoms with Crippen LogP contribution in [0.15, 0.2) is 36.8 Å². The Morgan fingerprint density at radius 2 is 2.16 bits per heavy atom. The van der Waals surface area contributed by atoms with Crippen LogP contribution in [0.3, 0.4) is 0 Å². The summed E-state index contributed by atoms with van der Waals surface area (Å²) in [6.45, 7) is 5.20. The van der Waals surface area contributed by atoms with Crippen molar-refractivity contribution < 1.29 is 4.79 Å². The van der Waals surface area contributed by atoms with Gasteiger partial charge in [-0.2, -0.15) is 0 Å². The van der Waals surface area contributed by atoms with Crippen molar-refractivity contribution >= 4 is 17.3 Å². The Hall–Kier alpha value is -2.30. The molecule has 0 bridgehead atoms. The predicted molar refractivity (Wildman–Crippen MR) is 76.0 cm³/mol. The van der Waals surface area contributed by atoms with E-state index in [9.17, 15) is 4.79 Å². The summed E-state index contributed by atoms with van der Waals surface area (Å²) in [5, 5.41) is 6.09. The number of imidazole rings is 1. The number of aromatic nitrogens is 2. The Balaban J connectivity index is 2.01. The number of anilines is 2. The first kappa shape index (κ1) is 13.1. The van der Waals surface area contributed by atoms with Crippen molar-refractivity contribution in [1.29, 1.82) is 0 Å². The molecule has 2 N–H and O–H groups in total. The Labute approximate surface area is 112 Å². The maximum Gasteiger partial charge on any atom is 0.221 e. The number of nitrogens with one attached hydrogen (secondary N) is 2. The molecular weight excluding hydrogens is 240 g/mol. The zero-order valence-electron chi connectivity index (χ0n) is 11.2. The van der Waals surface area contributed by atoms with E-state index in [4.69, 9.17) is 0 Å². The second-order valence-electron chi connectivity index (χ2n) is 4.29. The molecule has 0 radical (unpaired) electrons. The summed E-state index contributed by atoms with van der Waals surface area (Å²) in [6.07, 6.45) is 3.68. The van der Waals surface area contributed by atoms with E-state index in [0.29, 0.717) is 6.54 Å².